The molecule has 11 heteroatoms. The highest BCUT2D eigenvalue weighted by Crippen LogP contribution is 2.33. The Kier molecular flexibility index (Phi) is 4.97. The van der Waals surface area contributed by atoms with Gasteiger partial charge in [-0.3, -0.25) is 5.10 Å². The number of piperidine rings is 1. The highest BCUT2D eigenvalue weighted by atomic mass is 35.5. The molecule has 2 aromatic heterocycles. The van der Waals surface area contributed by atoms with Gasteiger partial charge in [-0.15, -0.1) is 0 Å². The first-order valence-corrected chi connectivity index (χ1v) is 9.31. The van der Waals surface area contributed by atoms with Crippen molar-refractivity contribution in [2.24, 2.45) is 0 Å². The largest absolute Gasteiger partial charge is 0.417 e. The van der Waals surface area contributed by atoms with Gasteiger partial charge in [0.05, 0.1) is 11.2 Å². The number of amides is 1. The van der Waals surface area contributed by atoms with Gasteiger partial charge in [-0.2, -0.15) is 5.10 Å². The molecule has 0 atom stereocenters. The van der Waals surface area contributed by atoms with E-state index in [1.54, 1.807) is 18.3 Å². The number of fused-ring (bicyclic) bond motifs is 1. The highest BCUT2D eigenvalue weighted by molar-refractivity contribution is 6.33. The smallest absolute Gasteiger partial charge is 0.409 e. The maximum atomic E-state index is 13.8. The van der Waals surface area contributed by atoms with Crippen molar-refractivity contribution < 1.29 is 19.0 Å². The fourth-order valence-electron chi connectivity index (χ4n) is 3.23. The zero-order valence-corrected chi connectivity index (χ0v) is 16.2. The van der Waals surface area contributed by atoms with E-state index >= 15 is 0 Å². The topological polar surface area (TPSA) is 116 Å². The van der Waals surface area contributed by atoms with Crippen LogP contribution in [-0.4, -0.2) is 57.3 Å². The highest BCUT2D eigenvalue weighted by Gasteiger charge is 2.36. The lowest BCUT2D eigenvalue weighted by Crippen LogP contribution is -2.48. The van der Waals surface area contributed by atoms with E-state index in [2.05, 4.69) is 25.5 Å². The van der Waals surface area contributed by atoms with E-state index in [4.69, 9.17) is 16.3 Å². The van der Waals surface area contributed by atoms with Crippen LogP contribution in [0.5, 0.6) is 0 Å². The summed E-state index contributed by atoms with van der Waals surface area (Å²) in [6, 6.07) is 4.49. The zero-order chi connectivity index (χ0) is 20.6. The molecular weight excluding hydrogens is 403 g/mol. The molecule has 0 aliphatic carbocycles. The van der Waals surface area contributed by atoms with E-state index in [9.17, 15) is 14.3 Å². The molecule has 1 aliphatic rings. The number of rotatable bonds is 3. The average Bonchev–Trinajstić information content (AvgIpc) is 3.13. The van der Waals surface area contributed by atoms with Crippen molar-refractivity contribution >= 4 is 34.7 Å². The van der Waals surface area contributed by atoms with Crippen LogP contribution in [0, 0.1) is 5.82 Å². The van der Waals surface area contributed by atoms with Crippen molar-refractivity contribution in [1.29, 1.82) is 0 Å². The van der Waals surface area contributed by atoms with Gasteiger partial charge in [0.25, 0.3) is 0 Å². The maximum Gasteiger partial charge on any atom is 0.409 e. The normalized spacial score (nSPS) is 16.1. The minimum atomic E-state index is -1.51. The third kappa shape index (κ3) is 3.68. The van der Waals surface area contributed by atoms with Gasteiger partial charge >= 0.3 is 6.09 Å². The molecule has 3 heterocycles. The molecule has 0 radical (unpaired) electrons. The van der Waals surface area contributed by atoms with Gasteiger partial charge in [0, 0.05) is 38.5 Å². The molecular formula is C18H18ClFN6O3. The number of hydrogen-bond donors (Lipinski definition) is 3. The summed E-state index contributed by atoms with van der Waals surface area (Å²) in [5.41, 5.74) is 1.74. The van der Waals surface area contributed by atoms with Gasteiger partial charge in [-0.1, -0.05) is 23.7 Å². The number of carbonyl (C=O) groups excluding carboxylic acids is 1. The fraction of sp³-hybridized carbons (Fsp3) is 0.333. The van der Waals surface area contributed by atoms with Crippen LogP contribution >= 0.6 is 11.6 Å². The molecule has 0 spiro atoms. The summed E-state index contributed by atoms with van der Waals surface area (Å²) in [6.07, 6.45) is 1.36. The van der Waals surface area contributed by atoms with Crippen LogP contribution in [0.2, 0.25) is 5.02 Å². The average molecular weight is 421 g/mol. The van der Waals surface area contributed by atoms with Crippen molar-refractivity contribution in [3.63, 3.8) is 0 Å². The van der Waals surface area contributed by atoms with Gasteiger partial charge in [-0.05, 0) is 6.07 Å². The predicted octanol–water partition coefficient (Wildman–Crippen LogP) is 2.46. The van der Waals surface area contributed by atoms with Gasteiger partial charge < -0.3 is 20.1 Å². The fourth-order valence-corrected chi connectivity index (χ4v) is 3.45. The van der Waals surface area contributed by atoms with Crippen molar-refractivity contribution in [3.8, 4) is 11.3 Å². The number of aromatic nitrogens is 4. The molecule has 1 amide bonds. The Morgan fingerprint density at radius 2 is 2.17 bits per heavy atom. The molecule has 4 rings (SSSR count). The summed E-state index contributed by atoms with van der Waals surface area (Å²) in [6.45, 7) is 0.842. The molecule has 1 aromatic carbocycles. The van der Waals surface area contributed by atoms with E-state index in [1.165, 1.54) is 13.1 Å². The molecule has 3 N–H and O–H groups in total. The molecule has 0 unspecified atom stereocenters. The molecule has 1 fully saturated rings. The van der Waals surface area contributed by atoms with E-state index in [0.29, 0.717) is 41.3 Å². The van der Waals surface area contributed by atoms with E-state index < -0.39 is 17.7 Å². The molecule has 152 valence electrons. The number of anilines is 1. The van der Waals surface area contributed by atoms with E-state index in [1.807, 2.05) is 4.90 Å². The third-order valence-corrected chi connectivity index (χ3v) is 5.20. The number of nitrogens with one attached hydrogen (secondary N) is 2. The Morgan fingerprint density at radius 1 is 1.41 bits per heavy atom. The van der Waals surface area contributed by atoms with Gasteiger partial charge in [0.1, 0.15) is 22.8 Å². The van der Waals surface area contributed by atoms with Gasteiger partial charge in [0.2, 0.25) is 5.79 Å². The van der Waals surface area contributed by atoms with Crippen molar-refractivity contribution in [3.05, 3.63) is 35.2 Å². The summed E-state index contributed by atoms with van der Waals surface area (Å²) < 4.78 is 18.8. The first-order chi connectivity index (χ1) is 13.9. The molecule has 0 saturated carbocycles. The quantitative estimate of drug-likeness (QED) is 0.557. The van der Waals surface area contributed by atoms with E-state index in [0.717, 1.165) is 0 Å². The Balaban J connectivity index is 1.55. The number of benzene rings is 1. The summed E-state index contributed by atoms with van der Waals surface area (Å²) in [5, 5.41) is 19.7. The van der Waals surface area contributed by atoms with E-state index in [-0.39, 0.29) is 17.9 Å². The summed E-state index contributed by atoms with van der Waals surface area (Å²) in [7, 11) is 1.43. The molecule has 3 aromatic rings. The van der Waals surface area contributed by atoms with Crippen LogP contribution in [0.1, 0.15) is 12.8 Å². The van der Waals surface area contributed by atoms with Crippen LogP contribution in [-0.2, 0) is 4.74 Å². The molecule has 1 aliphatic heterocycles. The number of hydrogen-bond acceptors (Lipinski definition) is 7. The number of H-pyrrole nitrogens is 1. The Labute approximate surface area is 169 Å². The molecule has 29 heavy (non-hydrogen) atoms. The summed E-state index contributed by atoms with van der Waals surface area (Å²) >= 11 is 6.06. The summed E-state index contributed by atoms with van der Waals surface area (Å²) in [5.74, 6) is -1.46. The van der Waals surface area contributed by atoms with Crippen molar-refractivity contribution in [2.45, 2.75) is 18.6 Å². The Hall–Kier alpha value is -2.98. The predicted molar refractivity (Wildman–Crippen MR) is 104 cm³/mol. The second-order valence-corrected chi connectivity index (χ2v) is 7.05. The second kappa shape index (κ2) is 7.45. The first kappa shape index (κ1) is 19.3. The second-order valence-electron chi connectivity index (χ2n) is 6.67. The number of alkyl carbamates (subject to hydrolysis) is 1. The lowest BCUT2D eigenvalue weighted by Gasteiger charge is -2.37. The van der Waals surface area contributed by atoms with Crippen LogP contribution in [0.15, 0.2) is 24.4 Å². The molecule has 9 nitrogen and oxygen atoms in total. The lowest BCUT2D eigenvalue weighted by molar-refractivity contribution is -0.173. The Bertz CT molecular complexity index is 1070. The number of ether oxygens (including phenoxy) is 1. The Morgan fingerprint density at radius 3 is 2.90 bits per heavy atom. The monoisotopic (exact) mass is 420 g/mol. The molecule has 0 bridgehead atoms. The SMILES string of the molecule is CNC(=O)OC1(O)CCN(c2cnc3c(-c4cccc(F)c4Cl)n[nH]c3n2)CC1. The van der Waals surface area contributed by atoms with Gasteiger partial charge in [0.15, 0.2) is 5.65 Å². The number of halogens is 2. The lowest BCUT2D eigenvalue weighted by atomic mass is 10.0. The number of carbonyl (C=O) groups is 1. The van der Waals surface area contributed by atoms with Crippen LogP contribution in [0.25, 0.3) is 22.4 Å². The van der Waals surface area contributed by atoms with Crippen molar-refractivity contribution in [2.75, 3.05) is 25.0 Å². The zero-order valence-electron chi connectivity index (χ0n) is 15.4. The number of nitrogens with zero attached hydrogens (tertiary/aromatic N) is 4. The summed E-state index contributed by atoms with van der Waals surface area (Å²) in [4.78, 5) is 22.2. The first-order valence-electron chi connectivity index (χ1n) is 8.94. The van der Waals surface area contributed by atoms with Crippen LogP contribution < -0.4 is 10.2 Å². The maximum absolute atomic E-state index is 13.8. The van der Waals surface area contributed by atoms with Crippen molar-refractivity contribution in [1.82, 2.24) is 25.5 Å². The standard InChI is InChI=1S/C18H18ClFN6O3/c1-21-17(27)29-18(28)5-7-26(8-6-18)12-9-22-15-14(24-25-16(15)23-12)10-3-2-4-11(20)13(10)19/h2-4,9,28H,5-8H2,1H3,(H,21,27)(H,23,24,25). The van der Waals surface area contributed by atoms with Crippen LogP contribution in [0.4, 0.5) is 15.0 Å². The van der Waals surface area contributed by atoms with Crippen LogP contribution in [0.3, 0.4) is 0 Å². The van der Waals surface area contributed by atoms with Gasteiger partial charge in [-0.25, -0.2) is 19.2 Å². The molecule has 1 saturated heterocycles. The number of aliphatic hydroxyl groups is 1. The third-order valence-electron chi connectivity index (χ3n) is 4.82. The number of aromatic amines is 1. The minimum Gasteiger partial charge on any atom is -0.417 e. The minimum absolute atomic E-state index is 0.0294.